The van der Waals surface area contributed by atoms with Gasteiger partial charge in [-0.2, -0.15) is 0 Å². The van der Waals surface area contributed by atoms with Crippen LogP contribution in [-0.4, -0.2) is 37.5 Å². The quantitative estimate of drug-likeness (QED) is 0.237. The fourth-order valence-corrected chi connectivity index (χ4v) is 6.41. The molecule has 5 aromatic rings. The van der Waals surface area contributed by atoms with Crippen LogP contribution in [0, 0.1) is 0 Å². The number of pyridine rings is 2. The number of aryl methyl sites for hydroxylation is 1. The summed E-state index contributed by atoms with van der Waals surface area (Å²) in [6.07, 6.45) is 11.6. The van der Waals surface area contributed by atoms with E-state index in [0.717, 1.165) is 50.1 Å². The Balaban J connectivity index is 1.16. The lowest BCUT2D eigenvalue weighted by Gasteiger charge is -2.32. The molecule has 4 aromatic heterocycles. The molecular weight excluding hydrogens is 462 g/mol. The first-order valence-corrected chi connectivity index (χ1v) is 14.1. The van der Waals surface area contributed by atoms with Crippen LogP contribution < -0.4 is 0 Å². The van der Waals surface area contributed by atoms with Gasteiger partial charge in [-0.05, 0) is 78.5 Å². The topological polar surface area (TPSA) is 46.8 Å². The minimum Gasteiger partial charge on any atom is -0.322 e. The van der Waals surface area contributed by atoms with E-state index in [2.05, 4.69) is 74.2 Å². The Bertz CT molecular complexity index is 1430. The minimum atomic E-state index is 0.670. The summed E-state index contributed by atoms with van der Waals surface area (Å²) < 4.78 is 3.68. The van der Waals surface area contributed by atoms with Crippen molar-refractivity contribution in [3.05, 3.63) is 88.9 Å². The van der Waals surface area contributed by atoms with E-state index < -0.39 is 0 Å². The molecule has 0 N–H and O–H groups in total. The second-order valence-electron chi connectivity index (χ2n) is 9.99. The summed E-state index contributed by atoms with van der Waals surface area (Å²) in [6.45, 7) is 6.43. The lowest BCUT2D eigenvalue weighted by atomic mass is 9.90. The molecule has 1 fully saturated rings. The van der Waals surface area contributed by atoms with Crippen molar-refractivity contribution in [3.8, 4) is 0 Å². The molecule has 0 saturated carbocycles. The van der Waals surface area contributed by atoms with Gasteiger partial charge in [0.1, 0.15) is 11.3 Å². The Hall–Kier alpha value is -3.09. The van der Waals surface area contributed by atoms with Gasteiger partial charge in [-0.25, -0.2) is 4.98 Å². The normalized spacial score (nSPS) is 15.2. The van der Waals surface area contributed by atoms with E-state index in [-0.39, 0.29) is 0 Å². The average molecular weight is 496 g/mol. The summed E-state index contributed by atoms with van der Waals surface area (Å²) in [4.78, 5) is 16.4. The summed E-state index contributed by atoms with van der Waals surface area (Å²) >= 11 is 1.77. The largest absolute Gasteiger partial charge is 0.322 e. The van der Waals surface area contributed by atoms with Crippen molar-refractivity contribution < 1.29 is 0 Å². The average Bonchev–Trinajstić information content (AvgIpc) is 3.54. The van der Waals surface area contributed by atoms with E-state index in [1.54, 1.807) is 11.3 Å². The first kappa shape index (κ1) is 23.3. The summed E-state index contributed by atoms with van der Waals surface area (Å²) in [6, 6.07) is 15.7. The molecule has 0 aliphatic carbocycles. The predicted molar refractivity (Wildman–Crippen MR) is 149 cm³/mol. The molecule has 5 nitrogen and oxygen atoms in total. The molecule has 1 aliphatic heterocycles. The Morgan fingerprint density at radius 3 is 2.42 bits per heavy atom. The van der Waals surface area contributed by atoms with Crippen molar-refractivity contribution in [3.63, 3.8) is 0 Å². The summed E-state index contributed by atoms with van der Waals surface area (Å²) in [5.74, 6) is 1.85. The van der Waals surface area contributed by atoms with Crippen LogP contribution in [0.1, 0.15) is 61.0 Å². The molecule has 0 spiro atoms. The minimum absolute atomic E-state index is 0.670. The maximum absolute atomic E-state index is 5.00. The Labute approximate surface area is 216 Å². The number of thiophene rings is 1. The second-order valence-corrected chi connectivity index (χ2v) is 10.9. The summed E-state index contributed by atoms with van der Waals surface area (Å²) in [7, 11) is 0. The van der Waals surface area contributed by atoms with Gasteiger partial charge >= 0.3 is 0 Å². The number of hydrogen-bond donors (Lipinski definition) is 0. The van der Waals surface area contributed by atoms with E-state index in [4.69, 9.17) is 4.98 Å². The third-order valence-electron chi connectivity index (χ3n) is 7.55. The number of nitrogens with zero attached hydrogens (tertiary/aromatic N) is 5. The fourth-order valence-electron chi connectivity index (χ4n) is 5.51. The van der Waals surface area contributed by atoms with Gasteiger partial charge in [0.15, 0.2) is 0 Å². The van der Waals surface area contributed by atoms with E-state index >= 15 is 0 Å². The van der Waals surface area contributed by atoms with Crippen molar-refractivity contribution >= 4 is 32.6 Å². The zero-order valence-corrected chi connectivity index (χ0v) is 21.8. The van der Waals surface area contributed by atoms with Gasteiger partial charge in [0, 0.05) is 31.9 Å². The van der Waals surface area contributed by atoms with Crippen molar-refractivity contribution in [2.75, 3.05) is 13.1 Å². The molecule has 0 amide bonds. The van der Waals surface area contributed by atoms with Crippen LogP contribution in [0.15, 0.2) is 66.4 Å². The molecule has 0 radical (unpaired) electrons. The monoisotopic (exact) mass is 495 g/mol. The maximum atomic E-state index is 5.00. The molecule has 0 unspecified atom stereocenters. The van der Waals surface area contributed by atoms with Gasteiger partial charge in [-0.3, -0.25) is 14.9 Å². The van der Waals surface area contributed by atoms with Gasteiger partial charge in [0.2, 0.25) is 0 Å². The Kier molecular flexibility index (Phi) is 6.79. The highest BCUT2D eigenvalue weighted by atomic mass is 32.1. The molecule has 5 heterocycles. The van der Waals surface area contributed by atoms with Gasteiger partial charge in [-0.15, -0.1) is 11.3 Å². The predicted octanol–water partition coefficient (Wildman–Crippen LogP) is 6.81. The lowest BCUT2D eigenvalue weighted by molar-refractivity contribution is 0.204. The zero-order valence-electron chi connectivity index (χ0n) is 20.9. The van der Waals surface area contributed by atoms with Gasteiger partial charge in [0.05, 0.1) is 21.9 Å². The first-order chi connectivity index (χ1) is 17.8. The van der Waals surface area contributed by atoms with Crippen LogP contribution in [0.25, 0.3) is 21.3 Å². The van der Waals surface area contributed by atoms with Crippen LogP contribution in [0.2, 0.25) is 0 Å². The number of likely N-dealkylation sites (tertiary alicyclic amines) is 1. The SMILES string of the molecule is CCCCc1nc2cnc3ccsc3c2n1Cc1ccc(CN2CCC(c3ccncc3)CC2)cc1. The molecule has 1 saturated heterocycles. The maximum Gasteiger partial charge on any atom is 0.110 e. The first-order valence-electron chi connectivity index (χ1n) is 13.2. The molecule has 36 heavy (non-hydrogen) atoms. The van der Waals surface area contributed by atoms with Crippen molar-refractivity contribution in [2.45, 2.75) is 58.0 Å². The highest BCUT2D eigenvalue weighted by molar-refractivity contribution is 7.18. The van der Waals surface area contributed by atoms with Crippen molar-refractivity contribution in [1.29, 1.82) is 0 Å². The van der Waals surface area contributed by atoms with E-state index in [1.807, 2.05) is 18.6 Å². The van der Waals surface area contributed by atoms with Crippen LogP contribution in [-0.2, 0) is 19.5 Å². The standard InChI is InChI=1S/C30H33N5S/c1-2-3-4-28-33-27-19-32-26-13-18-36-30(26)29(27)35(28)21-23-7-5-22(6-8-23)20-34-16-11-25(12-17-34)24-9-14-31-15-10-24/h5-10,13-15,18-19,25H,2-4,11-12,16-17,20-21H2,1H3. The third kappa shape index (κ3) is 4.80. The molecule has 6 heteroatoms. The van der Waals surface area contributed by atoms with Crippen LogP contribution >= 0.6 is 11.3 Å². The van der Waals surface area contributed by atoms with Gasteiger partial charge < -0.3 is 4.57 Å². The van der Waals surface area contributed by atoms with E-state index in [1.165, 1.54) is 52.0 Å². The molecule has 184 valence electrons. The van der Waals surface area contributed by atoms with Crippen LogP contribution in [0.5, 0.6) is 0 Å². The number of unbranched alkanes of at least 4 members (excludes halogenated alkanes) is 1. The molecule has 1 aromatic carbocycles. The number of imidazole rings is 1. The fraction of sp³-hybridized carbons (Fsp3) is 0.367. The number of rotatable bonds is 8. The van der Waals surface area contributed by atoms with E-state index in [9.17, 15) is 0 Å². The van der Waals surface area contributed by atoms with Crippen LogP contribution in [0.4, 0.5) is 0 Å². The van der Waals surface area contributed by atoms with Gasteiger partial charge in [-0.1, -0.05) is 37.6 Å². The zero-order chi connectivity index (χ0) is 24.3. The lowest BCUT2D eigenvalue weighted by Crippen LogP contribution is -2.32. The number of fused-ring (bicyclic) bond motifs is 3. The number of aromatic nitrogens is 4. The number of hydrogen-bond acceptors (Lipinski definition) is 5. The molecule has 0 atom stereocenters. The van der Waals surface area contributed by atoms with Gasteiger partial charge in [0.25, 0.3) is 0 Å². The van der Waals surface area contributed by atoms with Crippen LogP contribution in [0.3, 0.4) is 0 Å². The Morgan fingerprint density at radius 1 is 0.917 bits per heavy atom. The molecule has 1 aliphatic rings. The molecule has 0 bridgehead atoms. The molecule has 6 rings (SSSR count). The Morgan fingerprint density at radius 2 is 1.67 bits per heavy atom. The van der Waals surface area contributed by atoms with Crippen molar-refractivity contribution in [1.82, 2.24) is 24.4 Å². The second kappa shape index (κ2) is 10.5. The highest BCUT2D eigenvalue weighted by Gasteiger charge is 2.21. The smallest absolute Gasteiger partial charge is 0.110 e. The third-order valence-corrected chi connectivity index (χ3v) is 8.46. The number of piperidine rings is 1. The summed E-state index contributed by atoms with van der Waals surface area (Å²) in [5, 5.41) is 2.13. The highest BCUT2D eigenvalue weighted by Crippen LogP contribution is 2.31. The van der Waals surface area contributed by atoms with Crippen molar-refractivity contribution in [2.24, 2.45) is 0 Å². The molecular formula is C30H33N5S. The number of benzene rings is 1. The summed E-state index contributed by atoms with van der Waals surface area (Å²) in [5.41, 5.74) is 7.49. The van der Waals surface area contributed by atoms with E-state index in [0.29, 0.717) is 5.92 Å².